The topological polar surface area (TPSA) is 41.9 Å². The van der Waals surface area contributed by atoms with Crippen molar-refractivity contribution in [3.05, 3.63) is 182 Å². The summed E-state index contributed by atoms with van der Waals surface area (Å²) < 4.78 is 2.53. The predicted molar refractivity (Wildman–Crippen MR) is 235 cm³/mol. The average molecular weight is 731 g/mol. The largest absolute Gasteiger partial charge is 0.309 e. The molecule has 3 heterocycles. The molecule has 56 heavy (non-hydrogen) atoms. The van der Waals surface area contributed by atoms with Gasteiger partial charge in [-0.2, -0.15) is 0 Å². The lowest BCUT2D eigenvalue weighted by atomic mass is 9.89. The van der Waals surface area contributed by atoms with Crippen molar-refractivity contribution in [3.63, 3.8) is 0 Å². The summed E-state index contributed by atoms with van der Waals surface area (Å²) in [4.78, 5) is 17.8. The predicted octanol–water partition coefficient (Wildman–Crippen LogP) is 14.2. The third kappa shape index (κ3) is 4.81. The van der Waals surface area contributed by atoms with E-state index in [9.17, 15) is 0 Å². The summed E-state index contributed by atoms with van der Waals surface area (Å²) in [5, 5.41) is 9.69. The van der Waals surface area contributed by atoms with Crippen molar-refractivity contribution < 1.29 is 0 Å². The van der Waals surface area contributed by atoms with Crippen molar-refractivity contribution in [2.24, 2.45) is 0 Å². The quantitative estimate of drug-likeness (QED) is 0.181. The zero-order valence-electron chi connectivity index (χ0n) is 30.0. The smallest absolute Gasteiger partial charge is 0.164 e. The van der Waals surface area contributed by atoms with Gasteiger partial charge in [-0.25, -0.2) is 15.0 Å². The van der Waals surface area contributed by atoms with E-state index in [4.69, 9.17) is 15.0 Å². The van der Waals surface area contributed by atoms with Gasteiger partial charge in [0.2, 0.25) is 0 Å². The molecule has 0 unspecified atom stereocenters. The van der Waals surface area contributed by atoms with Crippen molar-refractivity contribution in [3.8, 4) is 45.3 Å². The van der Waals surface area contributed by atoms with E-state index in [1.807, 2.05) is 29.5 Å². The number of anilines is 3. The van der Waals surface area contributed by atoms with E-state index in [0.717, 1.165) is 33.2 Å². The zero-order valence-corrected chi connectivity index (χ0v) is 30.8. The molecule has 9 aromatic carbocycles. The van der Waals surface area contributed by atoms with Crippen LogP contribution in [0.4, 0.5) is 17.1 Å². The van der Waals surface area contributed by atoms with Crippen molar-refractivity contribution in [2.45, 2.75) is 0 Å². The second-order valence-electron chi connectivity index (χ2n) is 14.4. The van der Waals surface area contributed by atoms with Crippen molar-refractivity contribution in [1.82, 2.24) is 15.0 Å². The Labute approximate surface area is 326 Å². The highest BCUT2D eigenvalue weighted by molar-refractivity contribution is 7.25. The van der Waals surface area contributed by atoms with Gasteiger partial charge in [0, 0.05) is 53.2 Å². The summed E-state index contributed by atoms with van der Waals surface area (Å²) in [6, 6.07) is 65.2. The molecule has 0 aliphatic carbocycles. The van der Waals surface area contributed by atoms with Gasteiger partial charge in [0.1, 0.15) is 0 Å². The first-order valence-corrected chi connectivity index (χ1v) is 19.7. The van der Waals surface area contributed by atoms with Gasteiger partial charge in [-0.05, 0) is 81.7 Å². The molecule has 0 bridgehead atoms. The van der Waals surface area contributed by atoms with Gasteiger partial charge in [-0.15, -0.1) is 11.3 Å². The minimum absolute atomic E-state index is 0.643. The van der Waals surface area contributed by atoms with Crippen LogP contribution in [0.2, 0.25) is 0 Å². The first-order valence-electron chi connectivity index (χ1n) is 18.8. The van der Waals surface area contributed by atoms with E-state index in [0.29, 0.717) is 17.5 Å². The van der Waals surface area contributed by atoms with Crippen LogP contribution in [-0.2, 0) is 0 Å². The summed E-state index contributed by atoms with van der Waals surface area (Å²) in [5.74, 6) is 1.95. The van der Waals surface area contributed by atoms with Crippen LogP contribution in [0.3, 0.4) is 0 Å². The fraction of sp³-hybridized carbons (Fsp3) is 0. The number of hydrogen-bond donors (Lipinski definition) is 0. The molecule has 2 aromatic heterocycles. The van der Waals surface area contributed by atoms with Gasteiger partial charge in [-0.3, -0.25) is 0 Å². The van der Waals surface area contributed by atoms with Gasteiger partial charge < -0.3 is 4.90 Å². The molecule has 0 spiro atoms. The molecule has 0 N–H and O–H groups in total. The lowest BCUT2D eigenvalue weighted by Gasteiger charge is -2.34. The Balaban J connectivity index is 1.04. The highest BCUT2D eigenvalue weighted by Crippen LogP contribution is 2.53. The van der Waals surface area contributed by atoms with Crippen LogP contribution >= 0.6 is 11.3 Å². The third-order valence-electron chi connectivity index (χ3n) is 11.2. The molecule has 4 nitrogen and oxygen atoms in total. The van der Waals surface area contributed by atoms with Gasteiger partial charge in [0.25, 0.3) is 0 Å². The lowest BCUT2D eigenvalue weighted by Crippen LogP contribution is -2.15. The Morgan fingerprint density at radius 3 is 1.80 bits per heavy atom. The lowest BCUT2D eigenvalue weighted by molar-refractivity contribution is 1.08. The molecule has 0 amide bonds. The van der Waals surface area contributed by atoms with Crippen LogP contribution in [0, 0.1) is 0 Å². The summed E-state index contributed by atoms with van der Waals surface area (Å²) >= 11 is 1.81. The molecule has 0 fully saturated rings. The zero-order chi connectivity index (χ0) is 36.7. The molecular formula is C51H30N4S. The minimum Gasteiger partial charge on any atom is -0.309 e. The minimum atomic E-state index is 0.643. The van der Waals surface area contributed by atoms with Crippen LogP contribution in [0.15, 0.2) is 182 Å². The Hall–Kier alpha value is -7.21. The van der Waals surface area contributed by atoms with E-state index >= 15 is 0 Å². The summed E-state index contributed by atoms with van der Waals surface area (Å²) in [5.41, 5.74) is 8.85. The maximum absolute atomic E-state index is 5.17. The molecule has 0 saturated carbocycles. The number of nitrogens with zero attached hydrogens (tertiary/aromatic N) is 4. The Bertz CT molecular complexity index is 3380. The first kappa shape index (κ1) is 31.2. The molecule has 260 valence electrons. The highest BCUT2D eigenvalue weighted by atomic mass is 32.1. The molecule has 12 rings (SSSR count). The SMILES string of the molecule is c1ccc(-c2nc(-c3ccc4c(N5c6cc7ccccc7cc6-c6cccc7cccc5c67)cccc4c3)nc(-c3ccc4sc5ccccc5c4c3)n2)cc1. The number of hydrogen-bond acceptors (Lipinski definition) is 5. The van der Waals surface area contributed by atoms with Crippen molar-refractivity contribution in [1.29, 1.82) is 0 Å². The number of thiophene rings is 1. The number of rotatable bonds is 4. The third-order valence-corrected chi connectivity index (χ3v) is 12.3. The van der Waals surface area contributed by atoms with Crippen LogP contribution in [0.5, 0.6) is 0 Å². The fourth-order valence-electron chi connectivity index (χ4n) is 8.57. The van der Waals surface area contributed by atoms with Gasteiger partial charge >= 0.3 is 0 Å². The first-order chi connectivity index (χ1) is 27.7. The fourth-order valence-corrected chi connectivity index (χ4v) is 9.65. The number of benzene rings is 9. The van der Waals surface area contributed by atoms with E-state index < -0.39 is 0 Å². The van der Waals surface area contributed by atoms with E-state index in [-0.39, 0.29) is 0 Å². The summed E-state index contributed by atoms with van der Waals surface area (Å²) in [7, 11) is 0. The molecule has 0 atom stereocenters. The van der Waals surface area contributed by atoms with Crippen LogP contribution < -0.4 is 4.90 Å². The number of aromatic nitrogens is 3. The molecule has 0 radical (unpaired) electrons. The van der Waals surface area contributed by atoms with Crippen LogP contribution in [0.25, 0.3) is 97.8 Å². The van der Waals surface area contributed by atoms with Crippen molar-refractivity contribution >= 4 is 80.9 Å². The molecule has 11 aromatic rings. The average Bonchev–Trinajstić information content (AvgIpc) is 3.64. The summed E-state index contributed by atoms with van der Waals surface area (Å²) in [6.07, 6.45) is 0. The number of fused-ring (bicyclic) bond motifs is 7. The molecule has 1 aliphatic rings. The van der Waals surface area contributed by atoms with Crippen LogP contribution in [0.1, 0.15) is 0 Å². The molecule has 5 heteroatoms. The van der Waals surface area contributed by atoms with Crippen molar-refractivity contribution in [2.75, 3.05) is 4.90 Å². The second-order valence-corrected chi connectivity index (χ2v) is 15.5. The standard InChI is InChI=1S/C51H30N4S/c1-2-11-32(12-3-1)49-52-50(54-51(53-49)37-24-26-47-42(29-37)39-18-6-7-22-46(39)56-47)36-23-25-38-35(27-36)17-10-20-43(38)55-44-21-9-16-31-15-8-19-40(48(31)44)41-28-33-13-4-5-14-34(33)30-45(41)55/h1-30H. The van der Waals surface area contributed by atoms with E-state index in [1.165, 1.54) is 64.2 Å². The maximum atomic E-state index is 5.17. The monoisotopic (exact) mass is 730 g/mol. The van der Waals surface area contributed by atoms with E-state index in [1.54, 1.807) is 0 Å². The van der Waals surface area contributed by atoms with Gasteiger partial charge in [0.05, 0.1) is 17.1 Å². The van der Waals surface area contributed by atoms with Gasteiger partial charge in [-0.1, -0.05) is 127 Å². The van der Waals surface area contributed by atoms with E-state index in [2.05, 4.69) is 169 Å². The Kier molecular flexibility index (Phi) is 6.76. The summed E-state index contributed by atoms with van der Waals surface area (Å²) in [6.45, 7) is 0. The Morgan fingerprint density at radius 2 is 0.964 bits per heavy atom. The molecule has 0 saturated heterocycles. The highest BCUT2D eigenvalue weighted by Gasteiger charge is 2.27. The van der Waals surface area contributed by atoms with Crippen LogP contribution in [-0.4, -0.2) is 15.0 Å². The molecular weight excluding hydrogens is 701 g/mol. The Morgan fingerprint density at radius 1 is 0.339 bits per heavy atom. The maximum Gasteiger partial charge on any atom is 0.164 e. The molecule has 1 aliphatic heterocycles. The van der Waals surface area contributed by atoms with Gasteiger partial charge in [0.15, 0.2) is 17.5 Å². The second kappa shape index (κ2) is 12.2. The normalized spacial score (nSPS) is 12.2.